The van der Waals surface area contributed by atoms with Crippen molar-refractivity contribution in [2.75, 3.05) is 18.0 Å². The number of halogens is 2. The minimum Gasteiger partial charge on any atom is -0.493 e. The summed E-state index contributed by atoms with van der Waals surface area (Å²) in [5, 5.41) is 4.71. The summed E-state index contributed by atoms with van der Waals surface area (Å²) in [5.41, 5.74) is 6.34. The average Bonchev–Trinajstić information content (AvgIpc) is 3.00. The summed E-state index contributed by atoms with van der Waals surface area (Å²) in [7, 11) is -2.52. The van der Waals surface area contributed by atoms with Crippen LogP contribution in [0.1, 0.15) is 42.0 Å². The molecule has 4 rings (SSSR count). The summed E-state index contributed by atoms with van der Waals surface area (Å²) >= 11 is 9.48. The van der Waals surface area contributed by atoms with E-state index in [9.17, 15) is 13.2 Å². The summed E-state index contributed by atoms with van der Waals surface area (Å²) in [6.07, 6.45) is 1.43. The molecule has 0 saturated carbocycles. The lowest BCUT2D eigenvalue weighted by atomic mass is 10.0. The minimum absolute atomic E-state index is 0.0858. The molecule has 0 aliphatic carbocycles. The maximum absolute atomic E-state index is 13.7. The first-order valence-electron chi connectivity index (χ1n) is 13.7. The molecule has 11 heteroatoms. The number of methoxy groups -OCH3 is 1. The van der Waals surface area contributed by atoms with Gasteiger partial charge in [0, 0.05) is 5.02 Å². The van der Waals surface area contributed by atoms with Gasteiger partial charge in [-0.1, -0.05) is 67.4 Å². The van der Waals surface area contributed by atoms with Crippen LogP contribution in [0.4, 0.5) is 5.69 Å². The van der Waals surface area contributed by atoms with E-state index in [1.54, 1.807) is 48.5 Å². The monoisotopic (exact) mass is 697 g/mol. The summed E-state index contributed by atoms with van der Waals surface area (Å²) in [6.45, 7) is 5.81. The Bertz CT molecular complexity index is 1730. The molecule has 1 N–H and O–H groups in total. The number of aryl methyl sites for hydroxylation is 1. The fraction of sp³-hybridized carbons (Fsp3) is 0.212. The molecule has 0 bridgehead atoms. The van der Waals surface area contributed by atoms with E-state index in [1.165, 1.54) is 25.5 Å². The summed E-state index contributed by atoms with van der Waals surface area (Å²) in [6, 6.07) is 24.5. The van der Waals surface area contributed by atoms with Crippen LogP contribution in [0.25, 0.3) is 0 Å². The Balaban J connectivity index is 1.50. The maximum Gasteiger partial charge on any atom is 0.264 e. The van der Waals surface area contributed by atoms with Gasteiger partial charge >= 0.3 is 0 Å². The number of nitrogens with zero attached hydrogens (tertiary/aromatic N) is 2. The van der Waals surface area contributed by atoms with E-state index in [-0.39, 0.29) is 10.8 Å². The molecule has 0 heterocycles. The molecule has 0 aromatic heterocycles. The van der Waals surface area contributed by atoms with E-state index in [0.717, 1.165) is 21.0 Å². The normalized spacial score (nSPS) is 11.5. The Labute approximate surface area is 271 Å². The number of benzene rings is 4. The number of sulfonamides is 1. The molecular formula is C33H33BrClN3O5S. The first-order chi connectivity index (χ1) is 21.0. The smallest absolute Gasteiger partial charge is 0.264 e. The third-order valence-electron chi connectivity index (χ3n) is 6.70. The van der Waals surface area contributed by atoms with Crippen LogP contribution in [0.5, 0.6) is 11.5 Å². The predicted octanol–water partition coefficient (Wildman–Crippen LogP) is 7.47. The van der Waals surface area contributed by atoms with Crippen molar-refractivity contribution in [2.24, 2.45) is 5.10 Å². The third-order valence-corrected chi connectivity index (χ3v) is 9.32. The van der Waals surface area contributed by atoms with Gasteiger partial charge in [-0.05, 0) is 94.0 Å². The molecule has 4 aromatic carbocycles. The van der Waals surface area contributed by atoms with Crippen LogP contribution in [0.2, 0.25) is 5.02 Å². The van der Waals surface area contributed by atoms with E-state index in [1.807, 2.05) is 31.2 Å². The molecule has 1 amide bonds. The minimum atomic E-state index is -4.05. The molecule has 44 heavy (non-hydrogen) atoms. The zero-order valence-corrected chi connectivity index (χ0v) is 27.9. The van der Waals surface area contributed by atoms with Crippen LogP contribution in [0, 0.1) is 6.92 Å². The van der Waals surface area contributed by atoms with Crippen molar-refractivity contribution in [1.29, 1.82) is 0 Å². The molecule has 4 aromatic rings. The van der Waals surface area contributed by atoms with Crippen LogP contribution < -0.4 is 19.2 Å². The van der Waals surface area contributed by atoms with Crippen LogP contribution >= 0.6 is 27.5 Å². The Hall–Kier alpha value is -3.86. The van der Waals surface area contributed by atoms with Crippen molar-refractivity contribution >= 4 is 55.4 Å². The molecule has 0 unspecified atom stereocenters. The number of amides is 1. The van der Waals surface area contributed by atoms with E-state index in [0.29, 0.717) is 38.9 Å². The summed E-state index contributed by atoms with van der Waals surface area (Å²) in [4.78, 5) is 13.1. The Morgan fingerprint density at radius 2 is 1.68 bits per heavy atom. The van der Waals surface area contributed by atoms with Crippen molar-refractivity contribution in [1.82, 2.24) is 5.43 Å². The number of hydrazone groups is 1. The van der Waals surface area contributed by atoms with Crippen molar-refractivity contribution in [3.63, 3.8) is 0 Å². The zero-order chi connectivity index (χ0) is 31.9. The highest BCUT2D eigenvalue weighted by atomic mass is 79.9. The van der Waals surface area contributed by atoms with E-state index in [2.05, 4.69) is 40.3 Å². The second kappa shape index (κ2) is 14.7. The van der Waals surface area contributed by atoms with Crippen molar-refractivity contribution in [3.8, 4) is 11.5 Å². The molecule has 0 saturated heterocycles. The molecule has 0 atom stereocenters. The topological polar surface area (TPSA) is 97.3 Å². The first kappa shape index (κ1) is 33.0. The molecule has 8 nitrogen and oxygen atoms in total. The average molecular weight is 699 g/mol. The molecule has 0 aliphatic heterocycles. The van der Waals surface area contributed by atoms with Crippen LogP contribution in [-0.2, 0) is 21.4 Å². The van der Waals surface area contributed by atoms with E-state index in [4.69, 9.17) is 21.1 Å². The highest BCUT2D eigenvalue weighted by molar-refractivity contribution is 9.10. The second-order valence-electron chi connectivity index (χ2n) is 10.3. The number of carbonyl (C=O) groups is 1. The Morgan fingerprint density at radius 3 is 2.30 bits per heavy atom. The van der Waals surface area contributed by atoms with Gasteiger partial charge in [0.15, 0.2) is 11.5 Å². The van der Waals surface area contributed by atoms with Gasteiger partial charge in [0.1, 0.15) is 13.2 Å². The van der Waals surface area contributed by atoms with Crippen LogP contribution in [-0.4, -0.2) is 34.2 Å². The van der Waals surface area contributed by atoms with Gasteiger partial charge in [0.2, 0.25) is 0 Å². The van der Waals surface area contributed by atoms with Gasteiger partial charge in [-0.3, -0.25) is 9.10 Å². The number of anilines is 1. The largest absolute Gasteiger partial charge is 0.493 e. The fourth-order valence-electron chi connectivity index (χ4n) is 4.21. The lowest BCUT2D eigenvalue weighted by Crippen LogP contribution is -2.39. The third kappa shape index (κ3) is 8.40. The lowest BCUT2D eigenvalue weighted by molar-refractivity contribution is -0.119. The van der Waals surface area contributed by atoms with Gasteiger partial charge in [-0.2, -0.15) is 5.10 Å². The lowest BCUT2D eigenvalue weighted by Gasteiger charge is -2.24. The Morgan fingerprint density at radius 1 is 1.02 bits per heavy atom. The van der Waals surface area contributed by atoms with Gasteiger partial charge in [-0.25, -0.2) is 13.8 Å². The highest BCUT2D eigenvalue weighted by Gasteiger charge is 2.27. The first-order valence-corrected chi connectivity index (χ1v) is 16.3. The number of hydrogen-bond donors (Lipinski definition) is 1. The SMILES string of the molecule is COc1cc(/C=N\NC(=O)CN(c2ccc(C(C)C)cc2)S(=O)(=O)c2ccc(C)cc2)cc(Br)c1OCc1ccc(Cl)cc1. The molecular weight excluding hydrogens is 666 g/mol. The van der Waals surface area contributed by atoms with Crippen LogP contribution in [0.15, 0.2) is 99.4 Å². The maximum atomic E-state index is 13.7. The molecule has 230 valence electrons. The van der Waals surface area contributed by atoms with Crippen molar-refractivity contribution < 1.29 is 22.7 Å². The van der Waals surface area contributed by atoms with Crippen molar-refractivity contribution in [2.45, 2.75) is 38.2 Å². The number of carbonyl (C=O) groups excluding carboxylic acids is 1. The molecule has 0 fully saturated rings. The number of rotatable bonds is 12. The molecule has 0 aliphatic rings. The number of hydrogen-bond acceptors (Lipinski definition) is 6. The fourth-order valence-corrected chi connectivity index (χ4v) is 6.33. The number of ether oxygens (including phenoxy) is 2. The molecule has 0 radical (unpaired) electrons. The van der Waals surface area contributed by atoms with Crippen molar-refractivity contribution in [3.05, 3.63) is 117 Å². The highest BCUT2D eigenvalue weighted by Crippen LogP contribution is 2.37. The summed E-state index contributed by atoms with van der Waals surface area (Å²) < 4.78 is 40.5. The molecule has 0 spiro atoms. The standard InChI is InChI=1S/C33H33BrClN3O5S/c1-22(2)26-9-13-28(14-10-26)38(44(40,41)29-15-5-23(3)6-16-29)20-32(39)37-36-19-25-17-30(34)33(31(18-25)42-4)43-21-24-7-11-27(35)12-8-24/h5-19,22H,20-21H2,1-4H3,(H,37,39)/b36-19-. The van der Waals surface area contributed by atoms with Gasteiger partial charge < -0.3 is 9.47 Å². The predicted molar refractivity (Wildman–Crippen MR) is 178 cm³/mol. The Kier molecular flexibility index (Phi) is 11.1. The van der Waals surface area contributed by atoms with Gasteiger partial charge in [0.05, 0.1) is 28.4 Å². The quantitative estimate of drug-likeness (QED) is 0.122. The van der Waals surface area contributed by atoms with Gasteiger partial charge in [-0.15, -0.1) is 0 Å². The van der Waals surface area contributed by atoms with E-state index >= 15 is 0 Å². The van der Waals surface area contributed by atoms with E-state index < -0.39 is 22.5 Å². The van der Waals surface area contributed by atoms with Gasteiger partial charge in [0.25, 0.3) is 15.9 Å². The van der Waals surface area contributed by atoms with Crippen LogP contribution in [0.3, 0.4) is 0 Å². The zero-order valence-electron chi connectivity index (χ0n) is 24.8. The number of nitrogens with one attached hydrogen (secondary N) is 1. The summed E-state index contributed by atoms with van der Waals surface area (Å²) in [5.74, 6) is 0.621. The second-order valence-corrected chi connectivity index (χ2v) is 13.5.